The monoisotopic (exact) mass is 464 g/mol. The van der Waals surface area contributed by atoms with Gasteiger partial charge in [0.1, 0.15) is 6.33 Å². The summed E-state index contributed by atoms with van der Waals surface area (Å²) in [5, 5.41) is 20.7. The molecule has 8 heteroatoms. The zero-order chi connectivity index (χ0) is 24.6. The molecule has 2 heterocycles. The number of rotatable bonds is 6. The second-order valence-corrected chi connectivity index (χ2v) is 9.06. The summed E-state index contributed by atoms with van der Waals surface area (Å²) in [5.41, 5.74) is -1.75. The quantitative estimate of drug-likeness (QED) is 0.388. The first-order chi connectivity index (χ1) is 16.0. The minimum atomic E-state index is -4.96. The van der Waals surface area contributed by atoms with Gasteiger partial charge in [-0.05, 0) is 41.2 Å². The summed E-state index contributed by atoms with van der Waals surface area (Å²) in [5.74, 6) is -1.44. The highest BCUT2D eigenvalue weighted by molar-refractivity contribution is 5.75. The lowest BCUT2D eigenvalue weighted by atomic mass is 9.68. The molecule has 0 radical (unpaired) electrons. The topological polar surface area (TPSA) is 85.6 Å². The smallest absolute Gasteiger partial charge is 0.380 e. The summed E-state index contributed by atoms with van der Waals surface area (Å²) in [6.45, 7) is 3.31. The summed E-state index contributed by atoms with van der Waals surface area (Å²) in [6, 6.07) is 18.1. The fourth-order valence-corrected chi connectivity index (χ4v) is 4.54. The standard InChI is InChI=1S/C26H23F3N4O/c1-24(2,19-10-8-17(13-30)9-11-19)15-25(34,26(27,28)29)23(18-6-4-3-5-7-18)21-12-20-22(33-21)14-31-16-32-20/h3-12,14,16,23,33-34H,15H2,1-2H3. The van der Waals surface area contributed by atoms with Crippen LogP contribution in [0.5, 0.6) is 0 Å². The van der Waals surface area contributed by atoms with Crippen molar-refractivity contribution in [2.75, 3.05) is 0 Å². The fourth-order valence-electron chi connectivity index (χ4n) is 4.54. The SMILES string of the molecule is CC(C)(CC(O)(C(c1ccccc1)c1cc2ncncc2[nH]1)C(F)(F)F)c1ccc(C#N)cc1. The van der Waals surface area contributed by atoms with E-state index in [0.717, 1.165) is 0 Å². The molecule has 174 valence electrons. The van der Waals surface area contributed by atoms with E-state index in [2.05, 4.69) is 15.0 Å². The Morgan fingerprint density at radius 2 is 1.74 bits per heavy atom. The number of alkyl halides is 3. The van der Waals surface area contributed by atoms with Gasteiger partial charge in [0.25, 0.3) is 0 Å². The van der Waals surface area contributed by atoms with Crippen molar-refractivity contribution >= 4 is 11.0 Å². The molecule has 2 N–H and O–H groups in total. The van der Waals surface area contributed by atoms with E-state index in [-0.39, 0.29) is 5.69 Å². The van der Waals surface area contributed by atoms with Crippen molar-refractivity contribution in [3.8, 4) is 6.07 Å². The second-order valence-electron chi connectivity index (χ2n) is 9.06. The molecule has 0 bridgehead atoms. The van der Waals surface area contributed by atoms with Gasteiger partial charge >= 0.3 is 6.18 Å². The van der Waals surface area contributed by atoms with Gasteiger partial charge in [0.15, 0.2) is 5.60 Å². The van der Waals surface area contributed by atoms with Crippen molar-refractivity contribution in [3.05, 3.63) is 95.6 Å². The molecule has 2 aromatic carbocycles. The maximum atomic E-state index is 14.8. The second kappa shape index (κ2) is 8.58. The molecule has 0 saturated heterocycles. The molecule has 0 spiro atoms. The van der Waals surface area contributed by atoms with Crippen molar-refractivity contribution in [2.24, 2.45) is 0 Å². The molecule has 0 aliphatic carbocycles. The number of H-pyrrole nitrogens is 1. The van der Waals surface area contributed by atoms with Crippen LogP contribution in [0.25, 0.3) is 11.0 Å². The predicted octanol–water partition coefficient (Wildman–Crippen LogP) is 5.62. The molecule has 2 unspecified atom stereocenters. The highest BCUT2D eigenvalue weighted by atomic mass is 19.4. The lowest BCUT2D eigenvalue weighted by Crippen LogP contribution is -2.53. The molecule has 2 atom stereocenters. The van der Waals surface area contributed by atoms with Crippen LogP contribution in [0.1, 0.15) is 48.6 Å². The molecule has 5 nitrogen and oxygen atoms in total. The van der Waals surface area contributed by atoms with E-state index in [1.165, 1.54) is 18.6 Å². The maximum Gasteiger partial charge on any atom is 0.418 e. The Balaban J connectivity index is 1.87. The van der Waals surface area contributed by atoms with Crippen LogP contribution in [0.2, 0.25) is 0 Å². The lowest BCUT2D eigenvalue weighted by Gasteiger charge is -2.42. The van der Waals surface area contributed by atoms with Crippen LogP contribution < -0.4 is 0 Å². The van der Waals surface area contributed by atoms with Crippen LogP contribution >= 0.6 is 0 Å². The van der Waals surface area contributed by atoms with Gasteiger partial charge in [0, 0.05) is 5.69 Å². The number of nitrogens with zero attached hydrogens (tertiary/aromatic N) is 3. The number of hydrogen-bond acceptors (Lipinski definition) is 4. The number of halogens is 3. The molecular weight excluding hydrogens is 441 g/mol. The number of fused-ring (bicyclic) bond motifs is 1. The van der Waals surface area contributed by atoms with Crippen LogP contribution in [0.3, 0.4) is 0 Å². The molecule has 0 aliphatic heterocycles. The van der Waals surface area contributed by atoms with Crippen LogP contribution in [0.15, 0.2) is 73.2 Å². The predicted molar refractivity (Wildman–Crippen MR) is 122 cm³/mol. The van der Waals surface area contributed by atoms with Gasteiger partial charge in [-0.3, -0.25) is 0 Å². The van der Waals surface area contributed by atoms with Crippen molar-refractivity contribution in [1.29, 1.82) is 5.26 Å². The Bertz CT molecular complexity index is 1290. The van der Waals surface area contributed by atoms with E-state index in [1.54, 1.807) is 68.4 Å². The van der Waals surface area contributed by atoms with Crippen molar-refractivity contribution in [2.45, 2.75) is 43.4 Å². The molecule has 34 heavy (non-hydrogen) atoms. The zero-order valence-electron chi connectivity index (χ0n) is 18.6. The maximum absolute atomic E-state index is 14.8. The van der Waals surface area contributed by atoms with E-state index in [9.17, 15) is 18.3 Å². The Hall–Kier alpha value is -3.70. The van der Waals surface area contributed by atoms with E-state index >= 15 is 0 Å². The zero-order valence-corrected chi connectivity index (χ0v) is 18.6. The average molecular weight is 464 g/mol. The number of benzene rings is 2. The minimum Gasteiger partial charge on any atom is -0.380 e. The van der Waals surface area contributed by atoms with Crippen LogP contribution in [-0.2, 0) is 5.41 Å². The van der Waals surface area contributed by atoms with Gasteiger partial charge in [0.05, 0.1) is 34.8 Å². The molecule has 0 amide bonds. The van der Waals surface area contributed by atoms with Crippen LogP contribution in [0.4, 0.5) is 13.2 Å². The van der Waals surface area contributed by atoms with E-state index in [4.69, 9.17) is 5.26 Å². The molecule has 4 rings (SSSR count). The number of hydrogen-bond donors (Lipinski definition) is 2. The molecule has 4 aromatic rings. The number of nitriles is 1. The number of nitrogens with one attached hydrogen (secondary N) is 1. The molecule has 2 aromatic heterocycles. The van der Waals surface area contributed by atoms with Gasteiger partial charge in [-0.25, -0.2) is 9.97 Å². The highest BCUT2D eigenvalue weighted by Crippen LogP contribution is 2.51. The highest BCUT2D eigenvalue weighted by Gasteiger charge is 2.61. The van der Waals surface area contributed by atoms with Gasteiger partial charge in [0.2, 0.25) is 0 Å². The number of aromatic nitrogens is 3. The Kier molecular flexibility index (Phi) is 5.92. The number of aliphatic hydroxyl groups is 1. The van der Waals surface area contributed by atoms with Gasteiger partial charge in [-0.2, -0.15) is 18.4 Å². The number of aromatic amines is 1. The fraction of sp³-hybridized carbons (Fsp3) is 0.269. The third-order valence-electron chi connectivity index (χ3n) is 6.23. The van der Waals surface area contributed by atoms with E-state index < -0.39 is 29.5 Å². The molecule has 0 aliphatic rings. The third kappa shape index (κ3) is 4.27. The van der Waals surface area contributed by atoms with Crippen molar-refractivity contribution in [3.63, 3.8) is 0 Å². The first-order valence-electron chi connectivity index (χ1n) is 10.7. The largest absolute Gasteiger partial charge is 0.418 e. The first-order valence-corrected chi connectivity index (χ1v) is 10.7. The molecule has 0 saturated carbocycles. The summed E-state index contributed by atoms with van der Waals surface area (Å²) in [7, 11) is 0. The Labute approximate surface area is 194 Å². The summed E-state index contributed by atoms with van der Waals surface area (Å²) in [6.07, 6.45) is -2.76. The van der Waals surface area contributed by atoms with E-state index in [0.29, 0.717) is 27.7 Å². The Morgan fingerprint density at radius 1 is 1.06 bits per heavy atom. The lowest BCUT2D eigenvalue weighted by molar-refractivity contribution is -0.272. The van der Waals surface area contributed by atoms with Crippen molar-refractivity contribution in [1.82, 2.24) is 15.0 Å². The molecule has 0 fully saturated rings. The van der Waals surface area contributed by atoms with E-state index in [1.807, 2.05) is 6.07 Å². The van der Waals surface area contributed by atoms with Gasteiger partial charge < -0.3 is 10.1 Å². The summed E-state index contributed by atoms with van der Waals surface area (Å²) < 4.78 is 44.4. The van der Waals surface area contributed by atoms with Crippen LogP contribution in [0, 0.1) is 11.3 Å². The van der Waals surface area contributed by atoms with Gasteiger partial charge in [-0.15, -0.1) is 0 Å². The first kappa shape index (κ1) is 23.5. The minimum absolute atomic E-state index is 0.192. The van der Waals surface area contributed by atoms with Gasteiger partial charge in [-0.1, -0.05) is 56.3 Å². The Morgan fingerprint density at radius 3 is 2.32 bits per heavy atom. The normalized spacial score (nSPS) is 15.0. The average Bonchev–Trinajstić information content (AvgIpc) is 3.22. The molecular formula is C26H23F3N4O. The summed E-state index contributed by atoms with van der Waals surface area (Å²) >= 11 is 0. The van der Waals surface area contributed by atoms with Crippen LogP contribution in [-0.4, -0.2) is 31.8 Å². The third-order valence-corrected chi connectivity index (χ3v) is 6.23. The summed E-state index contributed by atoms with van der Waals surface area (Å²) in [4.78, 5) is 11.1. The van der Waals surface area contributed by atoms with Crippen molar-refractivity contribution < 1.29 is 18.3 Å².